The Morgan fingerprint density at radius 1 is 0.914 bits per heavy atom. The predicted octanol–water partition coefficient (Wildman–Crippen LogP) is 3.48. The molecule has 2 aliphatic heterocycles. The molecule has 1 amide bonds. The van der Waals surface area contributed by atoms with Crippen LogP contribution < -0.4 is 0 Å². The maximum Gasteiger partial charge on any atom is 0.228 e. The normalized spacial score (nSPS) is 22.1. The van der Waals surface area contributed by atoms with E-state index in [1.165, 1.54) is 5.56 Å². The number of nitrogens with zero attached hydrogens (tertiary/aromatic N) is 3. The largest absolute Gasteiger partial charge is 0.395 e. The molecule has 0 unspecified atom stereocenters. The number of hydrogen-bond donors (Lipinski definition) is 1. The highest BCUT2D eigenvalue weighted by Crippen LogP contribution is 2.42. The number of rotatable bonds is 4. The molecule has 35 heavy (non-hydrogen) atoms. The summed E-state index contributed by atoms with van der Waals surface area (Å²) < 4.78 is 0. The third-order valence-corrected chi connectivity index (χ3v) is 7.20. The van der Waals surface area contributed by atoms with Gasteiger partial charge in [-0.25, -0.2) is 0 Å². The van der Waals surface area contributed by atoms with E-state index in [2.05, 4.69) is 46.0 Å². The predicted molar refractivity (Wildman–Crippen MR) is 137 cm³/mol. The fraction of sp³-hybridized carbons (Fsp3) is 0.333. The highest BCUT2D eigenvalue weighted by atomic mass is 16.3. The van der Waals surface area contributed by atoms with Crippen LogP contribution in [0.15, 0.2) is 79.0 Å². The zero-order chi connectivity index (χ0) is 24.0. The topological polar surface area (TPSA) is 56.7 Å². The Labute approximate surface area is 207 Å². The Kier molecular flexibility index (Phi) is 7.23. The Hall–Kier alpha value is -3.46. The second-order valence-electron chi connectivity index (χ2n) is 9.36. The fourth-order valence-electron chi connectivity index (χ4n) is 5.39. The summed E-state index contributed by atoms with van der Waals surface area (Å²) >= 11 is 0. The summed E-state index contributed by atoms with van der Waals surface area (Å²) in [6, 6.07) is 24.4. The molecule has 5 nitrogen and oxygen atoms in total. The van der Waals surface area contributed by atoms with Crippen molar-refractivity contribution in [2.75, 3.05) is 26.2 Å². The average molecular weight is 466 g/mol. The molecule has 3 atom stereocenters. The summed E-state index contributed by atoms with van der Waals surface area (Å²) in [5.41, 5.74) is 3.98. The monoisotopic (exact) mass is 465 g/mol. The van der Waals surface area contributed by atoms with Crippen molar-refractivity contribution in [1.82, 2.24) is 14.8 Å². The molecule has 0 radical (unpaired) electrons. The van der Waals surface area contributed by atoms with Crippen LogP contribution in [0, 0.1) is 11.8 Å². The van der Waals surface area contributed by atoms with Crippen molar-refractivity contribution in [3.8, 4) is 11.8 Å². The molecule has 2 fully saturated rings. The van der Waals surface area contributed by atoms with Crippen LogP contribution in [0.4, 0.5) is 0 Å². The standard InChI is InChI=1S/C30H31N3O2/c34-22-28-30(25-15-13-24(14-16-25)12-11-23-8-2-1-3-9-23)27-21-32(18-6-7-19-33(27)28)29(35)20-26-10-4-5-17-31-26/h1-5,8-10,13-17,27-28,30,34H,6-7,18-22H2/t27-,28-,30-/m0/s1. The third kappa shape index (κ3) is 5.30. The van der Waals surface area contributed by atoms with Gasteiger partial charge < -0.3 is 10.0 Å². The van der Waals surface area contributed by atoms with Crippen molar-refractivity contribution in [2.45, 2.75) is 37.3 Å². The lowest BCUT2D eigenvalue weighted by Gasteiger charge is -2.57. The molecule has 3 heterocycles. The van der Waals surface area contributed by atoms with Gasteiger partial charge in [0, 0.05) is 54.1 Å². The van der Waals surface area contributed by atoms with Crippen molar-refractivity contribution in [3.05, 3.63) is 101 Å². The maximum absolute atomic E-state index is 13.1. The zero-order valence-electron chi connectivity index (χ0n) is 19.9. The van der Waals surface area contributed by atoms with Gasteiger partial charge in [-0.1, -0.05) is 48.2 Å². The van der Waals surface area contributed by atoms with Crippen LogP contribution in [0.3, 0.4) is 0 Å². The minimum Gasteiger partial charge on any atom is -0.395 e. The van der Waals surface area contributed by atoms with Gasteiger partial charge in [0.05, 0.1) is 13.0 Å². The van der Waals surface area contributed by atoms with Crippen LogP contribution in [0.2, 0.25) is 0 Å². The highest BCUT2D eigenvalue weighted by Gasteiger charge is 2.49. The second kappa shape index (κ2) is 10.9. The Morgan fingerprint density at radius 2 is 1.63 bits per heavy atom. The first-order chi connectivity index (χ1) is 17.2. The number of fused-ring (bicyclic) bond motifs is 1. The number of aliphatic hydroxyl groups excluding tert-OH is 1. The van der Waals surface area contributed by atoms with Crippen molar-refractivity contribution in [3.63, 3.8) is 0 Å². The van der Waals surface area contributed by atoms with Gasteiger partial charge in [0.2, 0.25) is 5.91 Å². The Morgan fingerprint density at radius 3 is 2.34 bits per heavy atom. The van der Waals surface area contributed by atoms with Gasteiger partial charge in [0.25, 0.3) is 0 Å². The molecule has 1 aromatic heterocycles. The van der Waals surface area contributed by atoms with Gasteiger partial charge in [-0.05, 0) is 61.3 Å². The van der Waals surface area contributed by atoms with E-state index in [-0.39, 0.29) is 30.5 Å². The molecule has 0 bridgehead atoms. The van der Waals surface area contributed by atoms with Gasteiger partial charge in [-0.3, -0.25) is 14.7 Å². The second-order valence-corrected chi connectivity index (χ2v) is 9.36. The molecule has 0 aliphatic carbocycles. The molecule has 178 valence electrons. The fourth-order valence-corrected chi connectivity index (χ4v) is 5.39. The first kappa shape index (κ1) is 23.3. The maximum atomic E-state index is 13.1. The number of carbonyl (C=O) groups excluding carboxylic acids is 1. The lowest BCUT2D eigenvalue weighted by Crippen LogP contribution is -2.68. The number of carbonyl (C=O) groups is 1. The molecule has 5 rings (SSSR count). The van der Waals surface area contributed by atoms with E-state index in [1.54, 1.807) is 6.20 Å². The molecular weight excluding hydrogens is 434 g/mol. The van der Waals surface area contributed by atoms with Crippen LogP contribution in [0.25, 0.3) is 0 Å². The van der Waals surface area contributed by atoms with Crippen molar-refractivity contribution >= 4 is 5.91 Å². The van der Waals surface area contributed by atoms with Crippen LogP contribution >= 0.6 is 0 Å². The van der Waals surface area contributed by atoms with Crippen molar-refractivity contribution in [2.24, 2.45) is 0 Å². The average Bonchev–Trinajstić information content (AvgIpc) is 2.88. The van der Waals surface area contributed by atoms with E-state index in [1.807, 2.05) is 53.4 Å². The molecule has 0 saturated carbocycles. The molecule has 3 aromatic rings. The van der Waals surface area contributed by atoms with E-state index in [0.717, 1.165) is 42.8 Å². The van der Waals surface area contributed by atoms with E-state index in [9.17, 15) is 9.90 Å². The van der Waals surface area contributed by atoms with Crippen LogP contribution in [-0.2, 0) is 11.2 Å². The van der Waals surface area contributed by atoms with Crippen molar-refractivity contribution < 1.29 is 9.90 Å². The number of amides is 1. The van der Waals surface area contributed by atoms with Gasteiger partial charge in [-0.2, -0.15) is 0 Å². The molecule has 2 saturated heterocycles. The molecular formula is C30H31N3O2. The molecule has 1 N–H and O–H groups in total. The van der Waals surface area contributed by atoms with Gasteiger partial charge >= 0.3 is 0 Å². The van der Waals surface area contributed by atoms with Crippen LogP contribution in [0.5, 0.6) is 0 Å². The number of aliphatic hydroxyl groups is 1. The summed E-state index contributed by atoms with van der Waals surface area (Å²) in [7, 11) is 0. The quantitative estimate of drug-likeness (QED) is 0.600. The van der Waals surface area contributed by atoms with E-state index in [0.29, 0.717) is 13.0 Å². The number of pyridine rings is 1. The molecule has 5 heteroatoms. The van der Waals surface area contributed by atoms with Gasteiger partial charge in [0.15, 0.2) is 0 Å². The zero-order valence-corrected chi connectivity index (χ0v) is 19.9. The van der Waals surface area contributed by atoms with Crippen LogP contribution in [-0.4, -0.2) is 64.1 Å². The molecule has 0 spiro atoms. The van der Waals surface area contributed by atoms with E-state index < -0.39 is 0 Å². The number of aromatic nitrogens is 1. The molecule has 2 aromatic carbocycles. The van der Waals surface area contributed by atoms with Gasteiger partial charge in [0.1, 0.15) is 0 Å². The summed E-state index contributed by atoms with van der Waals surface area (Å²) in [6.45, 7) is 2.55. The number of benzene rings is 2. The summed E-state index contributed by atoms with van der Waals surface area (Å²) in [6.07, 6.45) is 4.08. The Bertz CT molecular complexity index is 1190. The van der Waals surface area contributed by atoms with E-state index in [4.69, 9.17) is 0 Å². The lowest BCUT2D eigenvalue weighted by atomic mass is 9.74. The highest BCUT2D eigenvalue weighted by molar-refractivity contribution is 5.78. The van der Waals surface area contributed by atoms with Crippen molar-refractivity contribution in [1.29, 1.82) is 0 Å². The first-order valence-corrected chi connectivity index (χ1v) is 12.4. The number of hydrogen-bond acceptors (Lipinski definition) is 4. The first-order valence-electron chi connectivity index (χ1n) is 12.4. The lowest BCUT2D eigenvalue weighted by molar-refractivity contribution is -0.135. The third-order valence-electron chi connectivity index (χ3n) is 7.20. The summed E-state index contributed by atoms with van der Waals surface area (Å²) in [4.78, 5) is 21.9. The summed E-state index contributed by atoms with van der Waals surface area (Å²) in [5, 5.41) is 10.2. The molecule has 2 aliphatic rings. The van der Waals surface area contributed by atoms with Crippen LogP contribution in [0.1, 0.15) is 41.1 Å². The minimum atomic E-state index is 0.0899. The summed E-state index contributed by atoms with van der Waals surface area (Å²) in [5.74, 6) is 6.77. The van der Waals surface area contributed by atoms with Gasteiger partial charge in [-0.15, -0.1) is 0 Å². The minimum absolute atomic E-state index is 0.0899. The Balaban J connectivity index is 1.32. The SMILES string of the molecule is O=C(Cc1ccccn1)N1CCCCN2[C@@H](CO)[C@@H](c3ccc(C#Cc4ccccc4)cc3)[C@@H]2C1. The van der Waals surface area contributed by atoms with E-state index >= 15 is 0 Å². The smallest absolute Gasteiger partial charge is 0.228 e.